The van der Waals surface area contributed by atoms with Crippen LogP contribution in [0.3, 0.4) is 0 Å². The van der Waals surface area contributed by atoms with Gasteiger partial charge in [-0.3, -0.25) is 4.79 Å². The third kappa shape index (κ3) is 4.96. The van der Waals surface area contributed by atoms with Crippen LogP contribution >= 0.6 is 23.1 Å². The number of carbonyl (C=O) groups is 1. The highest BCUT2D eigenvalue weighted by molar-refractivity contribution is 7.98. The molecule has 26 heavy (non-hydrogen) atoms. The Morgan fingerprint density at radius 3 is 2.62 bits per heavy atom. The molecular formula is C21H22N2OS2. The van der Waals surface area contributed by atoms with Crippen molar-refractivity contribution in [3.05, 3.63) is 82.3 Å². The fourth-order valence-electron chi connectivity index (χ4n) is 2.71. The fourth-order valence-corrected chi connectivity index (χ4v) is 4.32. The molecule has 0 aliphatic heterocycles. The van der Waals surface area contributed by atoms with Crippen LogP contribution in [0.25, 0.3) is 0 Å². The van der Waals surface area contributed by atoms with Crippen LogP contribution < -0.4 is 0 Å². The van der Waals surface area contributed by atoms with Gasteiger partial charge in [0.25, 0.3) is 5.91 Å². The van der Waals surface area contributed by atoms with E-state index in [1.165, 1.54) is 5.56 Å². The van der Waals surface area contributed by atoms with E-state index in [0.717, 1.165) is 34.9 Å². The van der Waals surface area contributed by atoms with E-state index < -0.39 is 0 Å². The molecule has 2 aromatic carbocycles. The number of benzene rings is 2. The Morgan fingerprint density at radius 2 is 1.88 bits per heavy atom. The van der Waals surface area contributed by atoms with E-state index in [1.54, 1.807) is 23.1 Å². The molecule has 0 unspecified atom stereocenters. The molecule has 0 bridgehead atoms. The summed E-state index contributed by atoms with van der Waals surface area (Å²) in [6.07, 6.45) is 0.870. The molecule has 1 heterocycles. The van der Waals surface area contributed by atoms with Gasteiger partial charge in [-0.1, -0.05) is 42.5 Å². The molecule has 3 nitrogen and oxygen atoms in total. The standard InChI is InChI=1S/C21H22N2OS2/c1-2-23(13-12-17-8-4-3-5-9-17)21(24)19-10-6-7-11-20(19)26-15-18-14-25-16-22-18/h3-11,14,16H,2,12-13,15H2,1H3. The van der Waals surface area contributed by atoms with Crippen molar-refractivity contribution in [2.75, 3.05) is 13.1 Å². The lowest BCUT2D eigenvalue weighted by atomic mass is 10.1. The summed E-state index contributed by atoms with van der Waals surface area (Å²) in [5, 5.41) is 2.05. The molecular weight excluding hydrogens is 360 g/mol. The van der Waals surface area contributed by atoms with Crippen LogP contribution in [-0.4, -0.2) is 28.9 Å². The molecule has 0 aliphatic rings. The van der Waals surface area contributed by atoms with Crippen molar-refractivity contribution >= 4 is 29.0 Å². The van der Waals surface area contributed by atoms with Crippen LogP contribution in [0.15, 0.2) is 70.4 Å². The largest absolute Gasteiger partial charge is 0.339 e. The first-order valence-corrected chi connectivity index (χ1v) is 10.6. The summed E-state index contributed by atoms with van der Waals surface area (Å²) in [5.41, 5.74) is 4.93. The fraction of sp³-hybridized carbons (Fsp3) is 0.238. The van der Waals surface area contributed by atoms with Crippen molar-refractivity contribution in [1.82, 2.24) is 9.88 Å². The molecule has 1 amide bonds. The van der Waals surface area contributed by atoms with Crippen LogP contribution in [0.5, 0.6) is 0 Å². The first kappa shape index (κ1) is 18.7. The Morgan fingerprint density at radius 1 is 1.12 bits per heavy atom. The predicted molar refractivity (Wildman–Crippen MR) is 110 cm³/mol. The SMILES string of the molecule is CCN(CCc1ccccc1)C(=O)c1ccccc1SCc1cscn1. The minimum absolute atomic E-state index is 0.102. The summed E-state index contributed by atoms with van der Waals surface area (Å²) in [4.78, 5) is 20.3. The second-order valence-corrected chi connectivity index (χ2v) is 7.62. The maximum atomic E-state index is 13.1. The summed E-state index contributed by atoms with van der Waals surface area (Å²) < 4.78 is 0. The predicted octanol–water partition coefficient (Wildman–Crippen LogP) is 5.14. The van der Waals surface area contributed by atoms with Gasteiger partial charge in [-0.15, -0.1) is 23.1 Å². The molecule has 0 saturated heterocycles. The zero-order valence-corrected chi connectivity index (χ0v) is 16.4. The van der Waals surface area contributed by atoms with Crippen LogP contribution in [-0.2, 0) is 12.2 Å². The van der Waals surface area contributed by atoms with E-state index in [2.05, 4.69) is 22.5 Å². The Bertz CT molecular complexity index is 819. The first-order valence-electron chi connectivity index (χ1n) is 8.70. The molecule has 0 atom stereocenters. The molecule has 3 aromatic rings. The molecule has 1 aromatic heterocycles. The molecule has 5 heteroatoms. The third-order valence-electron chi connectivity index (χ3n) is 4.16. The highest BCUT2D eigenvalue weighted by Crippen LogP contribution is 2.27. The molecule has 0 aliphatic carbocycles. The normalized spacial score (nSPS) is 10.7. The van der Waals surface area contributed by atoms with Crippen LogP contribution in [0.4, 0.5) is 0 Å². The van der Waals surface area contributed by atoms with Gasteiger partial charge in [0.15, 0.2) is 0 Å². The molecule has 0 radical (unpaired) electrons. The van der Waals surface area contributed by atoms with Crippen LogP contribution in [0.1, 0.15) is 28.5 Å². The average molecular weight is 383 g/mol. The van der Waals surface area contributed by atoms with E-state index in [9.17, 15) is 4.79 Å². The summed E-state index contributed by atoms with van der Waals surface area (Å²) in [6.45, 7) is 3.47. The van der Waals surface area contributed by atoms with Gasteiger partial charge in [0, 0.05) is 29.1 Å². The number of thioether (sulfide) groups is 1. The summed E-state index contributed by atoms with van der Waals surface area (Å²) in [5.74, 6) is 0.883. The Balaban J connectivity index is 1.68. The minimum atomic E-state index is 0.102. The van der Waals surface area contributed by atoms with E-state index in [4.69, 9.17) is 0 Å². The van der Waals surface area contributed by atoms with Crippen molar-refractivity contribution in [2.24, 2.45) is 0 Å². The van der Waals surface area contributed by atoms with Crippen molar-refractivity contribution in [1.29, 1.82) is 0 Å². The van der Waals surface area contributed by atoms with Gasteiger partial charge in [-0.2, -0.15) is 0 Å². The highest BCUT2D eigenvalue weighted by Gasteiger charge is 2.17. The zero-order valence-electron chi connectivity index (χ0n) is 14.8. The lowest BCUT2D eigenvalue weighted by Crippen LogP contribution is -2.33. The van der Waals surface area contributed by atoms with E-state index in [0.29, 0.717) is 6.54 Å². The van der Waals surface area contributed by atoms with E-state index in [-0.39, 0.29) is 5.91 Å². The quantitative estimate of drug-likeness (QED) is 0.506. The van der Waals surface area contributed by atoms with Crippen molar-refractivity contribution in [3.63, 3.8) is 0 Å². The monoisotopic (exact) mass is 382 g/mol. The maximum absolute atomic E-state index is 13.1. The zero-order chi connectivity index (χ0) is 18.2. The van der Waals surface area contributed by atoms with Gasteiger partial charge in [0.2, 0.25) is 0 Å². The molecule has 0 saturated carbocycles. The first-order chi connectivity index (χ1) is 12.8. The van der Waals surface area contributed by atoms with E-state index in [1.807, 2.05) is 59.8 Å². The minimum Gasteiger partial charge on any atom is -0.339 e. The van der Waals surface area contributed by atoms with Crippen molar-refractivity contribution < 1.29 is 4.79 Å². The maximum Gasteiger partial charge on any atom is 0.254 e. The molecule has 0 spiro atoms. The second kappa shape index (κ2) is 9.55. The summed E-state index contributed by atoms with van der Waals surface area (Å²) >= 11 is 3.27. The number of carbonyl (C=O) groups excluding carboxylic acids is 1. The topological polar surface area (TPSA) is 33.2 Å². The van der Waals surface area contributed by atoms with Gasteiger partial charge in [0.05, 0.1) is 16.8 Å². The van der Waals surface area contributed by atoms with Gasteiger partial charge >= 0.3 is 0 Å². The van der Waals surface area contributed by atoms with Crippen LogP contribution in [0.2, 0.25) is 0 Å². The third-order valence-corrected chi connectivity index (χ3v) is 5.90. The Kier molecular flexibility index (Phi) is 6.86. The summed E-state index contributed by atoms with van der Waals surface area (Å²) in [6, 6.07) is 18.2. The number of aromatic nitrogens is 1. The Labute approximate surface area is 163 Å². The number of likely N-dealkylation sites (N-methyl/N-ethyl adjacent to an activating group) is 1. The van der Waals surface area contributed by atoms with Gasteiger partial charge in [-0.05, 0) is 31.0 Å². The Hall–Kier alpha value is -2.11. The number of rotatable bonds is 8. The van der Waals surface area contributed by atoms with Crippen molar-refractivity contribution in [3.8, 4) is 0 Å². The average Bonchev–Trinajstić information content (AvgIpc) is 3.21. The second-order valence-electron chi connectivity index (χ2n) is 5.89. The molecule has 0 fully saturated rings. The number of hydrogen-bond donors (Lipinski definition) is 0. The number of hydrogen-bond acceptors (Lipinski definition) is 4. The number of nitrogens with zero attached hydrogens (tertiary/aromatic N) is 2. The van der Waals surface area contributed by atoms with Gasteiger partial charge in [-0.25, -0.2) is 4.98 Å². The van der Waals surface area contributed by atoms with Crippen molar-refractivity contribution in [2.45, 2.75) is 24.0 Å². The number of amides is 1. The van der Waals surface area contributed by atoms with Crippen LogP contribution in [0, 0.1) is 0 Å². The lowest BCUT2D eigenvalue weighted by Gasteiger charge is -2.22. The highest BCUT2D eigenvalue weighted by atomic mass is 32.2. The molecule has 0 N–H and O–H groups in total. The number of thiazole rings is 1. The molecule has 3 rings (SSSR count). The lowest BCUT2D eigenvalue weighted by molar-refractivity contribution is 0.0762. The smallest absolute Gasteiger partial charge is 0.254 e. The van der Waals surface area contributed by atoms with E-state index >= 15 is 0 Å². The molecule has 134 valence electrons. The summed E-state index contributed by atoms with van der Waals surface area (Å²) in [7, 11) is 0. The van der Waals surface area contributed by atoms with Gasteiger partial charge in [0.1, 0.15) is 0 Å². The van der Waals surface area contributed by atoms with Gasteiger partial charge < -0.3 is 4.90 Å².